The normalized spacial score (nSPS) is 12.2. The van der Waals surface area contributed by atoms with Crippen molar-refractivity contribution in [1.29, 1.82) is 0 Å². The molecule has 0 aliphatic rings. The van der Waals surface area contributed by atoms with Gasteiger partial charge in [-0.15, -0.1) is 0 Å². The molecule has 0 amide bonds. The largest absolute Gasteiger partial charge is 1.00 e. The van der Waals surface area contributed by atoms with Gasteiger partial charge in [-0.2, -0.15) is 0 Å². The van der Waals surface area contributed by atoms with E-state index in [4.69, 9.17) is 0 Å². The molecular formula is C27H60ClNSi. The minimum atomic E-state index is -0.887. The van der Waals surface area contributed by atoms with Crippen LogP contribution in [-0.4, -0.2) is 39.2 Å². The molecule has 1 nitrogen and oxygen atoms in total. The van der Waals surface area contributed by atoms with Gasteiger partial charge < -0.3 is 16.9 Å². The Bertz CT molecular complexity index is 320. The molecule has 0 saturated carbocycles. The van der Waals surface area contributed by atoms with Gasteiger partial charge in [-0.3, -0.25) is 0 Å². The topological polar surface area (TPSA) is 0 Å². The Morgan fingerprint density at radius 1 is 0.467 bits per heavy atom. The zero-order chi connectivity index (χ0) is 21.8. The molecule has 0 saturated heterocycles. The van der Waals surface area contributed by atoms with E-state index in [2.05, 4.69) is 40.5 Å². The molecule has 0 atom stereocenters. The SMILES string of the molecule is CCCCCCCCCC[N+](C)(CCCCCCCCCC)CCC[Si](C)(C)C.[Cl-]. The van der Waals surface area contributed by atoms with Crippen molar-refractivity contribution in [2.75, 3.05) is 26.7 Å². The van der Waals surface area contributed by atoms with Gasteiger partial charge in [-0.05, 0) is 32.1 Å². The first-order valence-corrected chi connectivity index (χ1v) is 17.4. The number of hydrogen-bond acceptors (Lipinski definition) is 0. The molecule has 3 heteroatoms. The van der Waals surface area contributed by atoms with Crippen molar-refractivity contribution < 1.29 is 16.9 Å². The quantitative estimate of drug-likeness (QED) is 0.0986. The van der Waals surface area contributed by atoms with Crippen molar-refractivity contribution in [3.63, 3.8) is 0 Å². The van der Waals surface area contributed by atoms with E-state index in [0.717, 1.165) is 0 Å². The third-order valence-corrected chi connectivity index (χ3v) is 8.58. The fourth-order valence-electron chi connectivity index (χ4n) is 4.58. The fourth-order valence-corrected chi connectivity index (χ4v) is 5.80. The molecule has 0 radical (unpaired) electrons. The molecular weight excluding hydrogens is 402 g/mol. The van der Waals surface area contributed by atoms with Gasteiger partial charge in [-0.1, -0.05) is 117 Å². The summed E-state index contributed by atoms with van der Waals surface area (Å²) in [6.45, 7) is 16.5. The van der Waals surface area contributed by atoms with Crippen LogP contribution in [0, 0.1) is 0 Å². The van der Waals surface area contributed by atoms with Gasteiger partial charge in [0.05, 0.1) is 26.7 Å². The number of hydrogen-bond donors (Lipinski definition) is 0. The number of unbranched alkanes of at least 4 members (excludes halogenated alkanes) is 14. The van der Waals surface area contributed by atoms with Gasteiger partial charge in [0.2, 0.25) is 0 Å². The summed E-state index contributed by atoms with van der Waals surface area (Å²) in [6, 6.07) is 1.51. The highest BCUT2D eigenvalue weighted by Gasteiger charge is 2.22. The van der Waals surface area contributed by atoms with Crippen LogP contribution in [0.1, 0.15) is 123 Å². The van der Waals surface area contributed by atoms with E-state index < -0.39 is 8.07 Å². The average molecular weight is 462 g/mol. The molecule has 0 heterocycles. The predicted molar refractivity (Wildman–Crippen MR) is 139 cm³/mol. The van der Waals surface area contributed by atoms with E-state index in [1.54, 1.807) is 0 Å². The Morgan fingerprint density at radius 3 is 1.10 bits per heavy atom. The third-order valence-electron chi connectivity index (χ3n) is 6.73. The summed E-state index contributed by atoms with van der Waals surface area (Å²) < 4.78 is 1.36. The highest BCUT2D eigenvalue weighted by Crippen LogP contribution is 2.18. The molecule has 0 aliphatic carbocycles. The van der Waals surface area contributed by atoms with Gasteiger partial charge in [0, 0.05) is 8.07 Å². The Balaban J connectivity index is 0. The van der Waals surface area contributed by atoms with E-state index in [0.29, 0.717) is 0 Å². The van der Waals surface area contributed by atoms with Crippen molar-refractivity contribution >= 4 is 8.07 Å². The molecule has 0 spiro atoms. The predicted octanol–water partition coefficient (Wildman–Crippen LogP) is 6.45. The van der Waals surface area contributed by atoms with Crippen LogP contribution in [0.25, 0.3) is 0 Å². The summed E-state index contributed by atoms with van der Waals surface area (Å²) in [6.07, 6.45) is 24.6. The van der Waals surface area contributed by atoms with Crippen LogP contribution in [0.15, 0.2) is 0 Å². The lowest BCUT2D eigenvalue weighted by Gasteiger charge is -2.36. The molecule has 0 N–H and O–H groups in total. The summed E-state index contributed by atoms with van der Waals surface area (Å²) in [5.41, 5.74) is 0. The van der Waals surface area contributed by atoms with E-state index in [1.807, 2.05) is 0 Å². The minimum Gasteiger partial charge on any atom is -1.00 e. The second-order valence-electron chi connectivity index (χ2n) is 11.4. The maximum atomic E-state index is 2.58. The van der Waals surface area contributed by atoms with Crippen LogP contribution in [0.5, 0.6) is 0 Å². The number of rotatable bonds is 22. The van der Waals surface area contributed by atoms with E-state index >= 15 is 0 Å². The van der Waals surface area contributed by atoms with E-state index in [1.165, 1.54) is 139 Å². The van der Waals surface area contributed by atoms with Crippen LogP contribution >= 0.6 is 0 Å². The third kappa shape index (κ3) is 23.1. The van der Waals surface area contributed by atoms with Gasteiger partial charge in [0.1, 0.15) is 0 Å². The van der Waals surface area contributed by atoms with Gasteiger partial charge >= 0.3 is 0 Å². The summed E-state index contributed by atoms with van der Waals surface area (Å²) in [4.78, 5) is 0. The molecule has 30 heavy (non-hydrogen) atoms. The van der Waals surface area contributed by atoms with Crippen molar-refractivity contribution in [2.24, 2.45) is 0 Å². The van der Waals surface area contributed by atoms with Crippen LogP contribution in [0.2, 0.25) is 25.7 Å². The molecule has 0 fully saturated rings. The van der Waals surface area contributed by atoms with Gasteiger partial charge in [-0.25, -0.2) is 0 Å². The molecule has 0 aromatic carbocycles. The van der Waals surface area contributed by atoms with Gasteiger partial charge in [0.25, 0.3) is 0 Å². The molecule has 0 aliphatic heterocycles. The first kappa shape index (κ1) is 32.6. The second kappa shape index (κ2) is 21.3. The van der Waals surface area contributed by atoms with Crippen molar-refractivity contribution in [3.8, 4) is 0 Å². The first-order chi connectivity index (χ1) is 13.8. The van der Waals surface area contributed by atoms with Crippen molar-refractivity contribution in [1.82, 2.24) is 0 Å². The lowest BCUT2D eigenvalue weighted by molar-refractivity contribution is -0.910. The number of quaternary nitrogens is 1. The monoisotopic (exact) mass is 461 g/mol. The molecule has 184 valence electrons. The van der Waals surface area contributed by atoms with Crippen LogP contribution in [0.3, 0.4) is 0 Å². The molecule has 0 aromatic rings. The lowest BCUT2D eigenvalue weighted by Crippen LogP contribution is -3.00. The maximum Gasteiger partial charge on any atom is 0.0784 e. The minimum absolute atomic E-state index is 0. The zero-order valence-electron chi connectivity index (χ0n) is 22.2. The second-order valence-corrected chi connectivity index (χ2v) is 17.0. The summed E-state index contributed by atoms with van der Waals surface area (Å²) in [5.74, 6) is 0. The Morgan fingerprint density at radius 2 is 0.767 bits per heavy atom. The molecule has 0 unspecified atom stereocenters. The number of halogens is 1. The zero-order valence-corrected chi connectivity index (χ0v) is 23.9. The molecule has 0 bridgehead atoms. The van der Waals surface area contributed by atoms with Crippen molar-refractivity contribution in [3.05, 3.63) is 0 Å². The lowest BCUT2D eigenvalue weighted by atomic mass is 10.1. The summed E-state index contributed by atoms with van der Waals surface area (Å²) in [5, 5.41) is 0. The Hall–Kier alpha value is 0.467. The molecule has 0 rings (SSSR count). The van der Waals surface area contributed by atoms with Crippen LogP contribution < -0.4 is 12.4 Å². The fraction of sp³-hybridized carbons (Fsp3) is 1.00. The Labute approximate surface area is 200 Å². The van der Waals surface area contributed by atoms with Gasteiger partial charge in [0.15, 0.2) is 0 Å². The number of nitrogens with zero attached hydrogens (tertiary/aromatic N) is 1. The average Bonchev–Trinajstić information content (AvgIpc) is 2.65. The summed E-state index contributed by atoms with van der Waals surface area (Å²) in [7, 11) is 1.69. The first-order valence-electron chi connectivity index (χ1n) is 13.7. The standard InChI is InChI=1S/C27H60NSi.ClH/c1-7-9-11-13-15-17-19-21-24-28(3,26-23-27-29(4,5)6)25-22-20-18-16-14-12-10-8-2;/h7-27H2,1-6H3;1H/q+1;/p-1. The van der Waals surface area contributed by atoms with E-state index in [9.17, 15) is 0 Å². The smallest absolute Gasteiger partial charge is 0.0784 e. The molecule has 0 aromatic heterocycles. The van der Waals surface area contributed by atoms with Crippen molar-refractivity contribution in [2.45, 2.75) is 149 Å². The highest BCUT2D eigenvalue weighted by molar-refractivity contribution is 6.76. The summed E-state index contributed by atoms with van der Waals surface area (Å²) >= 11 is 0. The Kier molecular flexibility index (Phi) is 23.2. The maximum absolute atomic E-state index is 2.58. The van der Waals surface area contributed by atoms with Crippen LogP contribution in [-0.2, 0) is 0 Å². The highest BCUT2D eigenvalue weighted by atomic mass is 35.5. The van der Waals surface area contributed by atoms with E-state index in [-0.39, 0.29) is 12.4 Å². The van der Waals surface area contributed by atoms with Crippen LogP contribution in [0.4, 0.5) is 0 Å².